The molecule has 0 atom stereocenters. The van der Waals surface area contributed by atoms with Crippen LogP contribution in [0.15, 0.2) is 12.1 Å². The van der Waals surface area contributed by atoms with E-state index in [-0.39, 0.29) is 0 Å². The Bertz CT molecular complexity index is 620. The summed E-state index contributed by atoms with van der Waals surface area (Å²) in [4.78, 5) is 0. The maximum absolute atomic E-state index is 6.19. The van der Waals surface area contributed by atoms with Gasteiger partial charge in [-0.15, -0.1) is 0 Å². The number of nitrogens with zero attached hydrogens (tertiary/aromatic N) is 2. The third kappa shape index (κ3) is 2.99. The fourth-order valence-corrected chi connectivity index (χ4v) is 2.51. The largest absolute Gasteiger partial charge is 0.378 e. The lowest BCUT2D eigenvalue weighted by Gasteiger charge is -2.11. The summed E-state index contributed by atoms with van der Waals surface area (Å²) in [7, 11) is 1.86. The van der Waals surface area contributed by atoms with Gasteiger partial charge in [0.25, 0.3) is 0 Å². The zero-order chi connectivity index (χ0) is 14.2. The van der Waals surface area contributed by atoms with E-state index in [4.69, 9.17) is 34.8 Å². The van der Waals surface area contributed by atoms with Crippen LogP contribution >= 0.6 is 34.8 Å². The fraction of sp³-hybridized carbons (Fsp3) is 0.308. The van der Waals surface area contributed by atoms with Gasteiger partial charge in [-0.05, 0) is 31.5 Å². The monoisotopic (exact) mass is 317 g/mol. The number of aryl methyl sites for hydroxylation is 3. The minimum atomic E-state index is 0.537. The van der Waals surface area contributed by atoms with Crippen LogP contribution < -0.4 is 5.32 Å². The quantitative estimate of drug-likeness (QED) is 0.895. The first-order valence-corrected chi connectivity index (χ1v) is 6.91. The molecule has 3 nitrogen and oxygen atoms in total. The summed E-state index contributed by atoms with van der Waals surface area (Å²) >= 11 is 18.5. The van der Waals surface area contributed by atoms with Crippen molar-refractivity contribution in [3.05, 3.63) is 44.2 Å². The molecule has 1 aromatic carbocycles. The lowest BCUT2D eigenvalue weighted by Crippen LogP contribution is -2.06. The molecule has 19 heavy (non-hydrogen) atoms. The molecule has 0 saturated carbocycles. The maximum atomic E-state index is 6.19. The molecule has 0 spiro atoms. The van der Waals surface area contributed by atoms with E-state index < -0.39 is 0 Å². The predicted octanol–water partition coefficient (Wildman–Crippen LogP) is 4.61. The summed E-state index contributed by atoms with van der Waals surface area (Å²) in [5, 5.41) is 9.48. The minimum absolute atomic E-state index is 0.537. The molecule has 0 radical (unpaired) electrons. The number of rotatable bonds is 3. The van der Waals surface area contributed by atoms with Crippen molar-refractivity contribution in [2.45, 2.75) is 20.4 Å². The van der Waals surface area contributed by atoms with E-state index >= 15 is 0 Å². The predicted molar refractivity (Wildman–Crippen MR) is 81.5 cm³/mol. The van der Waals surface area contributed by atoms with E-state index in [2.05, 4.69) is 10.4 Å². The van der Waals surface area contributed by atoms with E-state index in [0.717, 1.165) is 22.6 Å². The standard InChI is InChI=1S/C13H14Cl3N3/c1-7-4-10(15)11(5-9(7)14)17-6-12-13(16)8(2)18-19(12)3/h4-5,17H,6H2,1-3H3. The Kier molecular flexibility index (Phi) is 4.29. The van der Waals surface area contributed by atoms with Crippen LogP contribution in [0, 0.1) is 13.8 Å². The van der Waals surface area contributed by atoms with Gasteiger partial charge in [0.2, 0.25) is 0 Å². The van der Waals surface area contributed by atoms with Crippen molar-refractivity contribution in [2.24, 2.45) is 7.05 Å². The molecule has 0 aliphatic rings. The number of halogens is 3. The van der Waals surface area contributed by atoms with Crippen LogP contribution in [0.1, 0.15) is 17.0 Å². The molecule has 0 aliphatic carbocycles. The minimum Gasteiger partial charge on any atom is -0.378 e. The van der Waals surface area contributed by atoms with E-state index in [9.17, 15) is 0 Å². The van der Waals surface area contributed by atoms with E-state index in [1.165, 1.54) is 0 Å². The van der Waals surface area contributed by atoms with Gasteiger partial charge < -0.3 is 5.32 Å². The van der Waals surface area contributed by atoms with Crippen molar-refractivity contribution >= 4 is 40.5 Å². The van der Waals surface area contributed by atoms with Crippen LogP contribution in [0.5, 0.6) is 0 Å². The van der Waals surface area contributed by atoms with E-state index in [0.29, 0.717) is 21.6 Å². The molecular weight excluding hydrogens is 305 g/mol. The fourth-order valence-electron chi connectivity index (χ4n) is 1.83. The van der Waals surface area contributed by atoms with Crippen molar-refractivity contribution < 1.29 is 0 Å². The van der Waals surface area contributed by atoms with Gasteiger partial charge in [0, 0.05) is 12.1 Å². The van der Waals surface area contributed by atoms with Crippen molar-refractivity contribution in [3.63, 3.8) is 0 Å². The second-order valence-corrected chi connectivity index (χ2v) is 5.60. The van der Waals surface area contributed by atoms with Gasteiger partial charge in [-0.3, -0.25) is 4.68 Å². The number of hydrogen-bond donors (Lipinski definition) is 1. The van der Waals surface area contributed by atoms with Crippen LogP contribution in [-0.2, 0) is 13.6 Å². The SMILES string of the molecule is Cc1cc(Cl)c(NCc2c(Cl)c(C)nn2C)cc1Cl. The Morgan fingerprint density at radius 3 is 2.42 bits per heavy atom. The van der Waals surface area contributed by atoms with Gasteiger partial charge in [0.05, 0.1) is 33.7 Å². The zero-order valence-corrected chi connectivity index (χ0v) is 13.2. The molecule has 0 saturated heterocycles. The molecule has 2 rings (SSSR count). The number of benzene rings is 1. The number of aromatic nitrogens is 2. The van der Waals surface area contributed by atoms with Crippen LogP contribution in [0.2, 0.25) is 15.1 Å². The number of nitrogens with one attached hydrogen (secondary N) is 1. The van der Waals surface area contributed by atoms with Crippen LogP contribution in [0.4, 0.5) is 5.69 Å². The Morgan fingerprint density at radius 1 is 1.16 bits per heavy atom. The highest BCUT2D eigenvalue weighted by atomic mass is 35.5. The summed E-state index contributed by atoms with van der Waals surface area (Å²) in [5.74, 6) is 0. The van der Waals surface area contributed by atoms with Crippen molar-refractivity contribution in [1.82, 2.24) is 9.78 Å². The normalized spacial score (nSPS) is 10.8. The summed E-state index contributed by atoms with van der Waals surface area (Å²) < 4.78 is 1.76. The average molecular weight is 319 g/mol. The van der Waals surface area contributed by atoms with Gasteiger partial charge in [-0.25, -0.2) is 0 Å². The third-order valence-electron chi connectivity index (χ3n) is 2.96. The van der Waals surface area contributed by atoms with Crippen molar-refractivity contribution in [2.75, 3.05) is 5.32 Å². The highest BCUT2D eigenvalue weighted by molar-refractivity contribution is 6.35. The molecule has 1 aromatic heterocycles. The first kappa shape index (κ1) is 14.5. The topological polar surface area (TPSA) is 29.9 Å². The first-order chi connectivity index (χ1) is 8.90. The Hall–Kier alpha value is -0.900. The van der Waals surface area contributed by atoms with Crippen molar-refractivity contribution in [3.8, 4) is 0 Å². The molecule has 2 aromatic rings. The lowest BCUT2D eigenvalue weighted by molar-refractivity contribution is 0.713. The maximum Gasteiger partial charge on any atom is 0.0865 e. The Morgan fingerprint density at radius 2 is 1.84 bits per heavy atom. The first-order valence-electron chi connectivity index (χ1n) is 5.77. The average Bonchev–Trinajstić information content (AvgIpc) is 2.57. The van der Waals surface area contributed by atoms with E-state index in [1.807, 2.05) is 33.0 Å². The highest BCUT2D eigenvalue weighted by Crippen LogP contribution is 2.29. The van der Waals surface area contributed by atoms with Gasteiger partial charge in [-0.2, -0.15) is 5.10 Å². The highest BCUT2D eigenvalue weighted by Gasteiger charge is 2.11. The van der Waals surface area contributed by atoms with Gasteiger partial charge in [0.15, 0.2) is 0 Å². The van der Waals surface area contributed by atoms with Gasteiger partial charge in [0.1, 0.15) is 0 Å². The molecule has 6 heteroatoms. The summed E-state index contributed by atoms with van der Waals surface area (Å²) in [6, 6.07) is 3.65. The molecule has 0 bridgehead atoms. The second kappa shape index (κ2) is 5.61. The second-order valence-electron chi connectivity index (χ2n) is 4.40. The summed E-state index contributed by atoms with van der Waals surface area (Å²) in [6.45, 7) is 4.33. The van der Waals surface area contributed by atoms with Gasteiger partial charge in [-0.1, -0.05) is 34.8 Å². The Balaban J connectivity index is 2.21. The molecule has 0 fully saturated rings. The third-order valence-corrected chi connectivity index (χ3v) is 4.17. The molecule has 0 aliphatic heterocycles. The van der Waals surface area contributed by atoms with Gasteiger partial charge >= 0.3 is 0 Å². The molecule has 0 amide bonds. The molecule has 1 N–H and O–H groups in total. The molecule has 102 valence electrons. The summed E-state index contributed by atoms with van der Waals surface area (Å²) in [6.07, 6.45) is 0. The van der Waals surface area contributed by atoms with Crippen LogP contribution in [-0.4, -0.2) is 9.78 Å². The smallest absolute Gasteiger partial charge is 0.0865 e. The lowest BCUT2D eigenvalue weighted by atomic mass is 10.2. The molecule has 1 heterocycles. The molecule has 0 unspecified atom stereocenters. The zero-order valence-electron chi connectivity index (χ0n) is 10.9. The Labute approximate surface area is 127 Å². The summed E-state index contributed by atoms with van der Waals surface area (Å²) in [5.41, 5.74) is 3.46. The molecular formula is C13H14Cl3N3. The van der Waals surface area contributed by atoms with Crippen LogP contribution in [0.3, 0.4) is 0 Å². The van der Waals surface area contributed by atoms with Crippen LogP contribution in [0.25, 0.3) is 0 Å². The number of hydrogen-bond acceptors (Lipinski definition) is 2. The van der Waals surface area contributed by atoms with E-state index in [1.54, 1.807) is 4.68 Å². The van der Waals surface area contributed by atoms with Crippen molar-refractivity contribution in [1.29, 1.82) is 0 Å². The number of anilines is 1.